The van der Waals surface area contributed by atoms with Crippen molar-refractivity contribution in [3.05, 3.63) is 24.3 Å². The molecule has 0 aromatic heterocycles. The van der Waals surface area contributed by atoms with Gasteiger partial charge < -0.3 is 26.6 Å². The van der Waals surface area contributed by atoms with Crippen LogP contribution in [0, 0.1) is 0 Å². The van der Waals surface area contributed by atoms with E-state index in [9.17, 15) is 43.5 Å². The first-order valence-electron chi connectivity index (χ1n) is 5.88. The van der Waals surface area contributed by atoms with E-state index >= 15 is 0 Å². The SMILES string of the molecule is O=S([O-])Oc1cc(S(=O)(=O)[O-])cc2cc(S(=O)(=O)[O-])cc(OS(=O)[O-])c12.[Na+].[Na+]. The van der Waals surface area contributed by atoms with Crippen LogP contribution in [0.3, 0.4) is 0 Å². The molecule has 0 bridgehead atoms. The van der Waals surface area contributed by atoms with Crippen molar-refractivity contribution in [2.75, 3.05) is 0 Å². The van der Waals surface area contributed by atoms with Crippen LogP contribution >= 0.6 is 0 Å². The maximum Gasteiger partial charge on any atom is 1.00 e. The molecule has 2 atom stereocenters. The zero-order valence-corrected chi connectivity index (χ0v) is 21.1. The maximum atomic E-state index is 11.2. The first-order chi connectivity index (χ1) is 11.8. The fourth-order valence-corrected chi connectivity index (χ4v) is 3.55. The van der Waals surface area contributed by atoms with Gasteiger partial charge in [0, 0.05) is 12.1 Å². The average Bonchev–Trinajstić information content (AvgIpc) is 2.43. The van der Waals surface area contributed by atoms with E-state index in [1.807, 2.05) is 0 Å². The van der Waals surface area contributed by atoms with Crippen molar-refractivity contribution in [2.24, 2.45) is 0 Å². The molecule has 0 fully saturated rings. The van der Waals surface area contributed by atoms with Crippen LogP contribution in [-0.2, 0) is 43.0 Å². The molecule has 2 unspecified atom stereocenters. The second-order valence-electron chi connectivity index (χ2n) is 4.42. The van der Waals surface area contributed by atoms with Crippen LogP contribution < -0.4 is 67.5 Å². The van der Waals surface area contributed by atoms with E-state index in [0.717, 1.165) is 0 Å². The van der Waals surface area contributed by atoms with Crippen molar-refractivity contribution < 1.29 is 111 Å². The van der Waals surface area contributed by atoms with Gasteiger partial charge in [-0.3, -0.25) is 0 Å². The van der Waals surface area contributed by atoms with Crippen LogP contribution in [0.5, 0.6) is 11.5 Å². The van der Waals surface area contributed by atoms with Crippen molar-refractivity contribution in [3.8, 4) is 11.5 Å². The van der Waals surface area contributed by atoms with Crippen molar-refractivity contribution in [3.63, 3.8) is 0 Å². The summed E-state index contributed by atoms with van der Waals surface area (Å²) in [6.07, 6.45) is 0. The normalized spacial score (nSPS) is 13.7. The number of rotatable bonds is 6. The summed E-state index contributed by atoms with van der Waals surface area (Å²) < 4.78 is 119. The van der Waals surface area contributed by atoms with Crippen LogP contribution in [0.15, 0.2) is 34.1 Å². The topological polar surface area (TPSA) is 213 Å². The Morgan fingerprint density at radius 1 is 0.714 bits per heavy atom. The molecule has 0 aliphatic heterocycles. The molecule has 0 saturated heterocycles. The first kappa shape index (κ1) is 28.3. The number of fused-ring (bicyclic) bond motifs is 1. The molecule has 0 aliphatic carbocycles. The molecular formula is C10H4Na2O12S4-2. The minimum atomic E-state index is -5.16. The van der Waals surface area contributed by atoms with Gasteiger partial charge in [0.05, 0.1) is 15.2 Å². The molecule has 0 heterocycles. The fourth-order valence-electron chi connectivity index (χ4n) is 1.95. The molecule has 0 saturated carbocycles. The van der Waals surface area contributed by atoms with Gasteiger partial charge in [-0.2, -0.15) is 0 Å². The summed E-state index contributed by atoms with van der Waals surface area (Å²) in [5.74, 6) is -1.69. The third-order valence-electron chi connectivity index (χ3n) is 2.82. The number of hydrogen-bond donors (Lipinski definition) is 0. The van der Waals surface area contributed by atoms with E-state index in [1.165, 1.54) is 0 Å². The van der Waals surface area contributed by atoms with E-state index in [4.69, 9.17) is 0 Å². The first-order valence-corrected chi connectivity index (χ1v) is 10.7. The van der Waals surface area contributed by atoms with Gasteiger partial charge in [-0.1, -0.05) is 0 Å². The molecule has 144 valence electrons. The Labute approximate surface area is 208 Å². The fraction of sp³-hybridized carbons (Fsp3) is 0. The zero-order valence-electron chi connectivity index (χ0n) is 13.8. The van der Waals surface area contributed by atoms with Gasteiger partial charge in [-0.15, -0.1) is 0 Å². The minimum Gasteiger partial charge on any atom is -0.744 e. The smallest absolute Gasteiger partial charge is 0.744 e. The Hall–Kier alpha value is 0.340. The standard InChI is InChI=1S/C10H8O12S4.2Na/c11-23(12)21-8-3-6(25(15,16)17)1-5-2-7(26(18,19)20)4-9(10(5)8)22-24(13)14;;/h1-4H,(H,11,12)(H,13,14)(H,15,16,17)(H,18,19,20);;/q;2*+1/p-4. The molecule has 12 nitrogen and oxygen atoms in total. The monoisotopic (exact) mass is 490 g/mol. The maximum absolute atomic E-state index is 11.2. The Kier molecular flexibility index (Phi) is 10.7. The van der Waals surface area contributed by atoms with Crippen LogP contribution in [0.2, 0.25) is 0 Å². The molecule has 28 heavy (non-hydrogen) atoms. The van der Waals surface area contributed by atoms with Gasteiger partial charge in [0.2, 0.25) is 0 Å². The van der Waals surface area contributed by atoms with Crippen LogP contribution in [-0.4, -0.2) is 43.5 Å². The van der Waals surface area contributed by atoms with Crippen LogP contribution in [0.25, 0.3) is 10.8 Å². The third kappa shape index (κ3) is 7.24. The van der Waals surface area contributed by atoms with Gasteiger partial charge in [0.15, 0.2) is 11.5 Å². The van der Waals surface area contributed by atoms with Gasteiger partial charge in [-0.25, -0.2) is 25.3 Å². The molecular weight excluding hydrogens is 486 g/mol. The largest absolute Gasteiger partial charge is 1.00 e. The predicted octanol–water partition coefficient (Wildman–Crippen LogP) is -7.00. The van der Waals surface area contributed by atoms with Gasteiger partial charge in [0.1, 0.15) is 43.0 Å². The quantitative estimate of drug-likeness (QED) is 0.210. The average molecular weight is 490 g/mol. The van der Waals surface area contributed by atoms with E-state index in [-0.39, 0.29) is 59.1 Å². The van der Waals surface area contributed by atoms with Crippen molar-refractivity contribution in [1.82, 2.24) is 0 Å². The molecule has 0 N–H and O–H groups in total. The van der Waals surface area contributed by atoms with E-state index in [1.54, 1.807) is 0 Å². The van der Waals surface area contributed by atoms with Crippen LogP contribution in [0.4, 0.5) is 0 Å². The minimum absolute atomic E-state index is 0. The van der Waals surface area contributed by atoms with E-state index in [0.29, 0.717) is 24.3 Å². The third-order valence-corrected chi connectivity index (χ3v) is 5.07. The molecule has 2 aromatic rings. The van der Waals surface area contributed by atoms with Gasteiger partial charge >= 0.3 is 59.1 Å². The molecule has 2 rings (SSSR count). The zero-order chi connectivity index (χ0) is 19.9. The Bertz CT molecular complexity index is 1060. The van der Waals surface area contributed by atoms with Crippen molar-refractivity contribution in [2.45, 2.75) is 9.79 Å². The summed E-state index contributed by atoms with van der Waals surface area (Å²) >= 11 is -6.57. The molecule has 0 aliphatic rings. The van der Waals surface area contributed by atoms with Gasteiger partial charge in [-0.05, 0) is 17.5 Å². The second kappa shape index (κ2) is 10.6. The summed E-state index contributed by atoms with van der Waals surface area (Å²) in [6, 6.07) is 2.11. The summed E-state index contributed by atoms with van der Waals surface area (Å²) in [7, 11) is -10.3. The summed E-state index contributed by atoms with van der Waals surface area (Å²) in [5, 5.41) is -1.03. The molecule has 18 heteroatoms. The summed E-state index contributed by atoms with van der Waals surface area (Å²) in [4.78, 5) is -2.06. The van der Waals surface area contributed by atoms with Gasteiger partial charge in [0.25, 0.3) is 0 Å². The second-order valence-corrected chi connectivity index (χ2v) is 8.33. The van der Waals surface area contributed by atoms with Crippen molar-refractivity contribution in [1.29, 1.82) is 0 Å². The summed E-state index contributed by atoms with van der Waals surface area (Å²) in [6.45, 7) is 0. The molecule has 2 aromatic carbocycles. The predicted molar refractivity (Wildman–Crippen MR) is 79.0 cm³/mol. The number of benzene rings is 2. The van der Waals surface area contributed by atoms with Crippen LogP contribution in [0.1, 0.15) is 0 Å². The Balaban J connectivity index is 0.00000364. The summed E-state index contributed by atoms with van der Waals surface area (Å²) in [5.41, 5.74) is 0. The Morgan fingerprint density at radius 3 is 1.29 bits per heavy atom. The Morgan fingerprint density at radius 2 is 1.04 bits per heavy atom. The number of hydrogen-bond acceptors (Lipinski definition) is 12. The molecule has 0 spiro atoms. The molecule has 0 radical (unpaired) electrons. The van der Waals surface area contributed by atoms with E-state index in [2.05, 4.69) is 8.37 Å². The molecule has 0 amide bonds. The van der Waals surface area contributed by atoms with Crippen molar-refractivity contribution >= 4 is 53.7 Å². The van der Waals surface area contributed by atoms with E-state index < -0.39 is 75.0 Å².